The molecular formula is C24H27FN4O2S. The molecule has 2 aromatic heterocycles. The molecule has 0 aliphatic heterocycles. The molecule has 5 rings (SSSR count). The first-order chi connectivity index (χ1) is 15.2. The summed E-state index contributed by atoms with van der Waals surface area (Å²) in [5, 5.41) is 5.03. The number of sulfonamides is 1. The zero-order valence-corrected chi connectivity index (χ0v) is 19.0. The third-order valence-corrected chi connectivity index (χ3v) is 7.59. The predicted molar refractivity (Wildman–Crippen MR) is 123 cm³/mol. The van der Waals surface area contributed by atoms with Gasteiger partial charge in [0.05, 0.1) is 16.6 Å². The molecule has 32 heavy (non-hydrogen) atoms. The maximum absolute atomic E-state index is 14.1. The minimum atomic E-state index is -3.89. The Labute approximate surface area is 187 Å². The van der Waals surface area contributed by atoms with Gasteiger partial charge in [-0.25, -0.2) is 17.5 Å². The fourth-order valence-corrected chi connectivity index (χ4v) is 5.85. The molecule has 6 nitrogen and oxygen atoms in total. The van der Waals surface area contributed by atoms with E-state index in [4.69, 9.17) is 0 Å². The average Bonchev–Trinajstić information content (AvgIpc) is 3.53. The molecular weight excluding hydrogens is 427 g/mol. The van der Waals surface area contributed by atoms with Crippen molar-refractivity contribution in [1.82, 2.24) is 14.7 Å². The first-order valence-corrected chi connectivity index (χ1v) is 12.5. The first-order valence-electron chi connectivity index (χ1n) is 11.0. The van der Waals surface area contributed by atoms with Crippen molar-refractivity contribution in [3.8, 4) is 0 Å². The van der Waals surface area contributed by atoms with Crippen molar-refractivity contribution in [2.45, 2.75) is 62.1 Å². The molecule has 2 aliphatic rings. The first kappa shape index (κ1) is 21.3. The Morgan fingerprint density at radius 3 is 2.66 bits per heavy atom. The molecule has 0 amide bonds. The van der Waals surface area contributed by atoms with E-state index in [0.29, 0.717) is 11.3 Å². The maximum Gasteiger partial charge on any atom is 0.241 e. The van der Waals surface area contributed by atoms with E-state index in [0.717, 1.165) is 53.6 Å². The summed E-state index contributed by atoms with van der Waals surface area (Å²) in [5.41, 5.74) is 2.28. The van der Waals surface area contributed by atoms with Gasteiger partial charge in [0.1, 0.15) is 5.67 Å². The molecule has 1 atom stereocenters. The molecule has 0 bridgehead atoms. The lowest BCUT2D eigenvalue weighted by atomic mass is 9.99. The predicted octanol–water partition coefficient (Wildman–Crippen LogP) is 4.63. The molecule has 2 aliphatic carbocycles. The Hall–Kier alpha value is -2.58. The van der Waals surface area contributed by atoms with Gasteiger partial charge in [-0.2, -0.15) is 0 Å². The molecule has 0 saturated heterocycles. The van der Waals surface area contributed by atoms with E-state index in [9.17, 15) is 12.8 Å². The molecule has 2 heterocycles. The Morgan fingerprint density at radius 1 is 1.16 bits per heavy atom. The summed E-state index contributed by atoms with van der Waals surface area (Å²) in [7, 11) is -3.89. The highest BCUT2D eigenvalue weighted by molar-refractivity contribution is 7.89. The van der Waals surface area contributed by atoms with Gasteiger partial charge in [0.15, 0.2) is 0 Å². The number of nitrogens with one attached hydrogen (secondary N) is 2. The van der Waals surface area contributed by atoms with E-state index in [1.807, 2.05) is 24.4 Å². The Kier molecular flexibility index (Phi) is 5.17. The highest BCUT2D eigenvalue weighted by atomic mass is 32.2. The summed E-state index contributed by atoms with van der Waals surface area (Å²) < 4.78 is 43.0. The van der Waals surface area contributed by atoms with E-state index in [1.165, 1.54) is 13.8 Å². The van der Waals surface area contributed by atoms with Crippen molar-refractivity contribution < 1.29 is 12.8 Å². The number of hydrogen-bond acceptors (Lipinski definition) is 5. The summed E-state index contributed by atoms with van der Waals surface area (Å²) in [6.45, 7) is 2.44. The summed E-state index contributed by atoms with van der Waals surface area (Å²) in [6.07, 6.45) is 9.09. The van der Waals surface area contributed by atoms with Crippen LogP contribution in [0.5, 0.6) is 0 Å². The number of pyridine rings is 2. The second-order valence-corrected chi connectivity index (χ2v) is 11.1. The van der Waals surface area contributed by atoms with Crippen molar-refractivity contribution in [2.24, 2.45) is 0 Å². The highest BCUT2D eigenvalue weighted by Crippen LogP contribution is 2.44. The molecule has 1 fully saturated rings. The SMILES string of the molecule is CC(C)(F)CNS(=O)(=O)c1cc2c(c3cnc(C4CC4)cc13)C(Nc1cccnc1)CC2. The number of rotatable bonds is 7. The van der Waals surface area contributed by atoms with Crippen LogP contribution < -0.4 is 10.0 Å². The Bertz CT molecular complexity index is 1270. The molecule has 3 aromatic rings. The molecule has 1 aromatic carbocycles. The number of aryl methyl sites for hydroxylation is 1. The van der Waals surface area contributed by atoms with Gasteiger partial charge >= 0.3 is 0 Å². The van der Waals surface area contributed by atoms with E-state index < -0.39 is 15.7 Å². The number of benzene rings is 1. The van der Waals surface area contributed by atoms with Crippen LogP contribution in [-0.4, -0.2) is 30.6 Å². The smallest absolute Gasteiger partial charge is 0.241 e. The normalized spacial score (nSPS) is 18.7. The molecule has 8 heteroatoms. The van der Waals surface area contributed by atoms with E-state index in [-0.39, 0.29) is 17.5 Å². The number of hydrogen-bond donors (Lipinski definition) is 2. The van der Waals surface area contributed by atoms with E-state index >= 15 is 0 Å². The van der Waals surface area contributed by atoms with Crippen molar-refractivity contribution in [1.29, 1.82) is 0 Å². The molecule has 0 radical (unpaired) electrons. The summed E-state index contributed by atoms with van der Waals surface area (Å²) in [6, 6.07) is 7.58. The second kappa shape index (κ2) is 7.78. The van der Waals surface area contributed by atoms with Crippen LogP contribution in [0.15, 0.2) is 47.8 Å². The van der Waals surface area contributed by atoms with Gasteiger partial charge in [0, 0.05) is 47.5 Å². The van der Waals surface area contributed by atoms with Gasteiger partial charge in [-0.3, -0.25) is 9.97 Å². The molecule has 1 unspecified atom stereocenters. The Morgan fingerprint density at radius 2 is 1.97 bits per heavy atom. The van der Waals surface area contributed by atoms with Crippen LogP contribution >= 0.6 is 0 Å². The third-order valence-electron chi connectivity index (χ3n) is 6.15. The summed E-state index contributed by atoms with van der Waals surface area (Å²) in [5.74, 6) is 0.394. The fraction of sp³-hybridized carbons (Fsp3) is 0.417. The molecule has 168 valence electrons. The molecule has 0 spiro atoms. The number of alkyl halides is 1. The monoisotopic (exact) mass is 454 g/mol. The van der Waals surface area contributed by atoms with Crippen molar-refractivity contribution in [2.75, 3.05) is 11.9 Å². The highest BCUT2D eigenvalue weighted by Gasteiger charge is 2.32. The summed E-state index contributed by atoms with van der Waals surface area (Å²) >= 11 is 0. The maximum atomic E-state index is 14.1. The minimum Gasteiger partial charge on any atom is -0.377 e. The number of fused-ring (bicyclic) bond motifs is 3. The van der Waals surface area contributed by atoms with E-state index in [2.05, 4.69) is 20.0 Å². The van der Waals surface area contributed by atoms with Gasteiger partial charge in [0.25, 0.3) is 0 Å². The van der Waals surface area contributed by atoms with Gasteiger partial charge in [-0.1, -0.05) is 0 Å². The third kappa shape index (κ3) is 4.21. The number of aromatic nitrogens is 2. The van der Waals surface area contributed by atoms with Crippen LogP contribution in [0.1, 0.15) is 61.9 Å². The van der Waals surface area contributed by atoms with Gasteiger partial charge in [-0.05, 0) is 74.9 Å². The fourth-order valence-electron chi connectivity index (χ4n) is 4.40. The topological polar surface area (TPSA) is 84.0 Å². The number of anilines is 1. The van der Waals surface area contributed by atoms with Crippen LogP contribution in [0.4, 0.5) is 10.1 Å². The molecule has 2 N–H and O–H groups in total. The summed E-state index contributed by atoms with van der Waals surface area (Å²) in [4.78, 5) is 9.07. The lowest BCUT2D eigenvalue weighted by Gasteiger charge is -2.20. The van der Waals surface area contributed by atoms with Crippen molar-refractivity contribution in [3.63, 3.8) is 0 Å². The van der Waals surface area contributed by atoms with Gasteiger partial charge in [-0.15, -0.1) is 0 Å². The standard InChI is InChI=1S/C24H27FN4O2S/c1-24(2,25)14-28-32(30,31)22-10-16-7-8-20(29-17-4-3-9-26-12-17)23(16)19-13-27-21(11-18(19)22)15-5-6-15/h3-4,9-13,15,20,28-29H,5-8,14H2,1-2H3. The van der Waals surface area contributed by atoms with Crippen LogP contribution in [0.25, 0.3) is 10.8 Å². The zero-order valence-electron chi connectivity index (χ0n) is 18.2. The van der Waals surface area contributed by atoms with Crippen LogP contribution in [0.3, 0.4) is 0 Å². The lowest BCUT2D eigenvalue weighted by molar-refractivity contribution is 0.221. The van der Waals surface area contributed by atoms with Crippen LogP contribution in [-0.2, 0) is 16.4 Å². The quantitative estimate of drug-likeness (QED) is 0.544. The largest absolute Gasteiger partial charge is 0.377 e. The van der Waals surface area contributed by atoms with Crippen LogP contribution in [0.2, 0.25) is 0 Å². The second-order valence-electron chi connectivity index (χ2n) is 9.40. The number of nitrogens with zero attached hydrogens (tertiary/aromatic N) is 2. The Balaban J connectivity index is 1.62. The number of halogens is 1. The lowest BCUT2D eigenvalue weighted by Crippen LogP contribution is -2.35. The van der Waals surface area contributed by atoms with Gasteiger partial charge < -0.3 is 5.32 Å². The molecule has 1 saturated carbocycles. The zero-order chi connectivity index (χ0) is 22.5. The average molecular weight is 455 g/mol. The van der Waals surface area contributed by atoms with Crippen molar-refractivity contribution in [3.05, 3.63) is 59.7 Å². The van der Waals surface area contributed by atoms with Crippen molar-refractivity contribution >= 4 is 26.5 Å². The minimum absolute atomic E-state index is 0.0414. The van der Waals surface area contributed by atoms with Crippen LogP contribution in [0, 0.1) is 0 Å². The van der Waals surface area contributed by atoms with E-state index in [1.54, 1.807) is 18.5 Å². The van der Waals surface area contributed by atoms with Gasteiger partial charge in [0.2, 0.25) is 10.0 Å².